The number of hydrogen-bond acceptors (Lipinski definition) is 0. The maximum Gasteiger partial charge on any atom is 0.0486 e. The highest BCUT2D eigenvalue weighted by molar-refractivity contribution is 6.30. The summed E-state index contributed by atoms with van der Waals surface area (Å²) >= 11 is 5.92. The first-order valence-corrected chi connectivity index (χ1v) is 6.82. The van der Waals surface area contributed by atoms with Crippen molar-refractivity contribution < 1.29 is 0 Å². The topological polar surface area (TPSA) is 4.93 Å². The molecule has 0 saturated carbocycles. The van der Waals surface area contributed by atoms with Crippen molar-refractivity contribution in [1.82, 2.24) is 4.57 Å². The summed E-state index contributed by atoms with van der Waals surface area (Å²) in [6.07, 6.45) is 2.15. The summed E-state index contributed by atoms with van der Waals surface area (Å²) in [5, 5.41) is 2.09. The molecular formula is C17H16ClN. The van der Waals surface area contributed by atoms with Crippen LogP contribution >= 0.6 is 11.6 Å². The lowest BCUT2D eigenvalue weighted by Gasteiger charge is -2.07. The van der Waals surface area contributed by atoms with Crippen molar-refractivity contribution in [3.8, 4) is 0 Å². The molecule has 96 valence electrons. The van der Waals surface area contributed by atoms with E-state index in [1.54, 1.807) is 0 Å². The molecule has 1 heterocycles. The summed E-state index contributed by atoms with van der Waals surface area (Å²) in [7, 11) is 0. The highest BCUT2D eigenvalue weighted by atomic mass is 35.5. The first kappa shape index (κ1) is 12.3. The van der Waals surface area contributed by atoms with E-state index in [0.29, 0.717) is 0 Å². The van der Waals surface area contributed by atoms with Crippen molar-refractivity contribution in [3.63, 3.8) is 0 Å². The fraction of sp³-hybridized carbons (Fsp3) is 0.176. The highest BCUT2D eigenvalue weighted by Crippen LogP contribution is 2.22. The van der Waals surface area contributed by atoms with Crippen molar-refractivity contribution >= 4 is 22.5 Å². The molecular weight excluding hydrogens is 254 g/mol. The summed E-state index contributed by atoms with van der Waals surface area (Å²) in [4.78, 5) is 0. The maximum atomic E-state index is 5.92. The second kappa shape index (κ2) is 4.75. The highest BCUT2D eigenvalue weighted by Gasteiger charge is 2.04. The summed E-state index contributed by atoms with van der Waals surface area (Å²) in [6, 6.07) is 14.7. The van der Waals surface area contributed by atoms with Crippen LogP contribution in [-0.4, -0.2) is 4.57 Å². The molecule has 19 heavy (non-hydrogen) atoms. The van der Waals surface area contributed by atoms with Crippen LogP contribution in [0.25, 0.3) is 10.9 Å². The Balaban J connectivity index is 2.01. The average Bonchev–Trinajstić information content (AvgIpc) is 2.76. The van der Waals surface area contributed by atoms with Crippen LogP contribution in [0.15, 0.2) is 48.7 Å². The molecule has 0 aliphatic rings. The largest absolute Gasteiger partial charge is 0.343 e. The molecule has 2 heteroatoms. The van der Waals surface area contributed by atoms with Crippen molar-refractivity contribution in [2.75, 3.05) is 0 Å². The van der Waals surface area contributed by atoms with Crippen LogP contribution < -0.4 is 0 Å². The fourth-order valence-electron chi connectivity index (χ4n) is 2.38. The van der Waals surface area contributed by atoms with Gasteiger partial charge in [-0.3, -0.25) is 0 Å². The van der Waals surface area contributed by atoms with Gasteiger partial charge in [-0.1, -0.05) is 23.7 Å². The second-order valence-corrected chi connectivity index (χ2v) is 5.50. The predicted molar refractivity (Wildman–Crippen MR) is 82.0 cm³/mol. The van der Waals surface area contributed by atoms with E-state index in [-0.39, 0.29) is 0 Å². The number of aryl methyl sites for hydroxylation is 2. The van der Waals surface area contributed by atoms with Gasteiger partial charge in [0, 0.05) is 23.3 Å². The van der Waals surface area contributed by atoms with Crippen LogP contribution in [0.4, 0.5) is 0 Å². The van der Waals surface area contributed by atoms with Gasteiger partial charge < -0.3 is 4.57 Å². The van der Waals surface area contributed by atoms with Crippen molar-refractivity contribution in [3.05, 3.63) is 70.4 Å². The Kier molecular flexibility index (Phi) is 3.08. The molecule has 0 spiro atoms. The van der Waals surface area contributed by atoms with Gasteiger partial charge in [-0.2, -0.15) is 0 Å². The normalized spacial score (nSPS) is 11.1. The van der Waals surface area contributed by atoms with Crippen molar-refractivity contribution in [2.45, 2.75) is 20.4 Å². The molecule has 0 unspecified atom stereocenters. The fourth-order valence-corrected chi connectivity index (χ4v) is 2.51. The predicted octanol–water partition coefficient (Wildman–Crippen LogP) is 4.96. The molecule has 0 bridgehead atoms. The molecule has 0 fully saturated rings. The van der Waals surface area contributed by atoms with Gasteiger partial charge in [0.05, 0.1) is 0 Å². The van der Waals surface area contributed by atoms with E-state index < -0.39 is 0 Å². The lowest BCUT2D eigenvalue weighted by atomic mass is 10.1. The van der Waals surface area contributed by atoms with Gasteiger partial charge in [-0.05, 0) is 66.3 Å². The Morgan fingerprint density at radius 3 is 2.37 bits per heavy atom. The molecule has 1 aromatic heterocycles. The van der Waals surface area contributed by atoms with Crippen LogP contribution in [0, 0.1) is 13.8 Å². The minimum atomic E-state index is 0.785. The summed E-state index contributed by atoms with van der Waals surface area (Å²) in [6.45, 7) is 5.20. The average molecular weight is 270 g/mol. The lowest BCUT2D eigenvalue weighted by molar-refractivity contribution is 0.836. The van der Waals surface area contributed by atoms with E-state index in [2.05, 4.69) is 54.9 Å². The van der Waals surface area contributed by atoms with Crippen LogP contribution in [-0.2, 0) is 6.54 Å². The number of halogens is 1. The Morgan fingerprint density at radius 1 is 0.947 bits per heavy atom. The van der Waals surface area contributed by atoms with Crippen LogP contribution in [0.1, 0.15) is 16.7 Å². The third-order valence-electron chi connectivity index (χ3n) is 3.65. The minimum Gasteiger partial charge on any atom is -0.343 e. The van der Waals surface area contributed by atoms with E-state index in [1.165, 1.54) is 27.6 Å². The second-order valence-electron chi connectivity index (χ2n) is 5.07. The van der Waals surface area contributed by atoms with Gasteiger partial charge in [0.15, 0.2) is 0 Å². The Labute approximate surface area is 118 Å². The molecule has 1 nitrogen and oxygen atoms in total. The van der Waals surface area contributed by atoms with E-state index in [1.807, 2.05) is 12.1 Å². The van der Waals surface area contributed by atoms with Gasteiger partial charge in [-0.25, -0.2) is 0 Å². The summed E-state index contributed by atoms with van der Waals surface area (Å²) in [5.74, 6) is 0. The Morgan fingerprint density at radius 2 is 1.63 bits per heavy atom. The van der Waals surface area contributed by atoms with Gasteiger partial charge in [0.1, 0.15) is 0 Å². The summed E-state index contributed by atoms with van der Waals surface area (Å²) in [5.41, 5.74) is 5.23. The maximum absolute atomic E-state index is 5.92. The lowest BCUT2D eigenvalue weighted by Crippen LogP contribution is -1.98. The zero-order valence-electron chi connectivity index (χ0n) is 11.2. The number of hydrogen-bond donors (Lipinski definition) is 0. The van der Waals surface area contributed by atoms with Gasteiger partial charge in [0.2, 0.25) is 0 Å². The third kappa shape index (κ3) is 2.39. The number of nitrogens with zero attached hydrogens (tertiary/aromatic N) is 1. The SMILES string of the molecule is Cc1cc2ccn(Cc3ccc(Cl)cc3)c2cc1C. The molecule has 0 saturated heterocycles. The zero-order valence-corrected chi connectivity index (χ0v) is 11.9. The van der Waals surface area contributed by atoms with Gasteiger partial charge in [0.25, 0.3) is 0 Å². The Hall–Kier alpha value is -1.73. The van der Waals surface area contributed by atoms with Gasteiger partial charge in [-0.15, -0.1) is 0 Å². The molecule has 3 aromatic rings. The first-order valence-electron chi connectivity index (χ1n) is 6.44. The number of aromatic nitrogens is 1. The quantitative estimate of drug-likeness (QED) is 0.620. The monoisotopic (exact) mass is 269 g/mol. The van der Waals surface area contributed by atoms with Crippen LogP contribution in [0.3, 0.4) is 0 Å². The zero-order chi connectivity index (χ0) is 13.4. The van der Waals surface area contributed by atoms with E-state index >= 15 is 0 Å². The number of fused-ring (bicyclic) bond motifs is 1. The molecule has 0 radical (unpaired) electrons. The Bertz CT molecular complexity index is 723. The number of benzene rings is 2. The van der Waals surface area contributed by atoms with Gasteiger partial charge >= 0.3 is 0 Å². The molecule has 0 aliphatic carbocycles. The molecule has 0 N–H and O–H groups in total. The molecule has 0 aliphatic heterocycles. The first-order chi connectivity index (χ1) is 9.13. The smallest absolute Gasteiger partial charge is 0.0486 e. The number of rotatable bonds is 2. The summed E-state index contributed by atoms with van der Waals surface area (Å²) < 4.78 is 2.28. The van der Waals surface area contributed by atoms with Crippen LogP contribution in [0.5, 0.6) is 0 Å². The molecule has 3 rings (SSSR count). The van der Waals surface area contributed by atoms with E-state index in [0.717, 1.165) is 11.6 Å². The minimum absolute atomic E-state index is 0.785. The standard InChI is InChI=1S/C17H16ClN/c1-12-9-15-7-8-19(17(15)10-13(12)2)11-14-3-5-16(18)6-4-14/h3-10H,11H2,1-2H3. The molecule has 2 aromatic carbocycles. The molecule has 0 amide bonds. The van der Waals surface area contributed by atoms with E-state index in [4.69, 9.17) is 11.6 Å². The van der Waals surface area contributed by atoms with Crippen molar-refractivity contribution in [1.29, 1.82) is 0 Å². The van der Waals surface area contributed by atoms with E-state index in [9.17, 15) is 0 Å². The van der Waals surface area contributed by atoms with Crippen molar-refractivity contribution in [2.24, 2.45) is 0 Å². The third-order valence-corrected chi connectivity index (χ3v) is 3.90. The van der Waals surface area contributed by atoms with Crippen LogP contribution in [0.2, 0.25) is 5.02 Å². The molecule has 0 atom stereocenters.